The van der Waals surface area contributed by atoms with E-state index in [0.29, 0.717) is 5.56 Å². The lowest BCUT2D eigenvalue weighted by molar-refractivity contribution is -0.283. The zero-order chi connectivity index (χ0) is 12.0. The molecule has 1 unspecified atom stereocenters. The molecule has 1 N–H and O–H groups in total. The Labute approximate surface area is 93.6 Å². The van der Waals surface area contributed by atoms with Gasteiger partial charge in [-0.05, 0) is 5.56 Å². The standard InChI is InChI=1S/C9H12O6S/c1-13-14-7-9(15-16(10,11)12)8-5-3-2-4-6-8/h2-6,9H,7H2,1H3,(H,10,11,12). The van der Waals surface area contributed by atoms with Crippen LogP contribution in [0.3, 0.4) is 0 Å². The molecule has 0 saturated heterocycles. The summed E-state index contributed by atoms with van der Waals surface area (Å²) in [6.07, 6.45) is -0.948. The van der Waals surface area contributed by atoms with Gasteiger partial charge in [-0.25, -0.2) is 14.0 Å². The predicted octanol–water partition coefficient (Wildman–Crippen LogP) is 1.13. The highest BCUT2D eigenvalue weighted by Crippen LogP contribution is 2.19. The number of hydrogen-bond acceptors (Lipinski definition) is 5. The zero-order valence-corrected chi connectivity index (χ0v) is 9.38. The van der Waals surface area contributed by atoms with E-state index in [-0.39, 0.29) is 6.61 Å². The Morgan fingerprint density at radius 2 is 1.94 bits per heavy atom. The molecule has 6 nitrogen and oxygen atoms in total. The quantitative estimate of drug-likeness (QED) is 0.461. The molecule has 0 aromatic heterocycles. The fraction of sp³-hybridized carbons (Fsp3) is 0.333. The Hall–Kier alpha value is -0.990. The number of hydrogen-bond donors (Lipinski definition) is 1. The minimum atomic E-state index is -4.54. The average molecular weight is 248 g/mol. The van der Waals surface area contributed by atoms with E-state index in [1.165, 1.54) is 7.11 Å². The summed E-state index contributed by atoms with van der Waals surface area (Å²) in [7, 11) is -3.25. The minimum Gasteiger partial charge on any atom is -0.264 e. The molecular formula is C9H12O6S. The van der Waals surface area contributed by atoms with Crippen molar-refractivity contribution in [3.05, 3.63) is 35.9 Å². The maximum atomic E-state index is 10.6. The lowest BCUT2D eigenvalue weighted by Crippen LogP contribution is -2.16. The van der Waals surface area contributed by atoms with Crippen molar-refractivity contribution < 1.29 is 26.9 Å². The fourth-order valence-electron chi connectivity index (χ4n) is 1.12. The summed E-state index contributed by atoms with van der Waals surface area (Å²) in [5, 5.41) is 0. The van der Waals surface area contributed by atoms with E-state index in [9.17, 15) is 8.42 Å². The van der Waals surface area contributed by atoms with E-state index in [1.54, 1.807) is 30.3 Å². The zero-order valence-electron chi connectivity index (χ0n) is 8.57. The van der Waals surface area contributed by atoms with Gasteiger partial charge in [0.05, 0.1) is 7.11 Å². The largest absolute Gasteiger partial charge is 0.398 e. The Bertz CT molecular complexity index is 401. The van der Waals surface area contributed by atoms with Gasteiger partial charge in [0.2, 0.25) is 0 Å². The van der Waals surface area contributed by atoms with Gasteiger partial charge in [0.15, 0.2) is 0 Å². The van der Waals surface area contributed by atoms with Gasteiger partial charge in [0, 0.05) is 0 Å². The Morgan fingerprint density at radius 3 is 2.44 bits per heavy atom. The summed E-state index contributed by atoms with van der Waals surface area (Å²) < 4.78 is 34.3. The van der Waals surface area contributed by atoms with Crippen LogP contribution in [0.4, 0.5) is 0 Å². The minimum absolute atomic E-state index is 0.152. The van der Waals surface area contributed by atoms with Crippen molar-refractivity contribution in [2.75, 3.05) is 13.7 Å². The van der Waals surface area contributed by atoms with Crippen molar-refractivity contribution in [3.8, 4) is 0 Å². The van der Waals surface area contributed by atoms with Crippen LogP contribution in [-0.4, -0.2) is 26.7 Å². The third-order valence-electron chi connectivity index (χ3n) is 1.75. The first-order chi connectivity index (χ1) is 7.53. The third-order valence-corrected chi connectivity index (χ3v) is 2.22. The molecule has 1 aromatic carbocycles. The molecule has 0 bridgehead atoms. The van der Waals surface area contributed by atoms with Crippen LogP contribution in [0.25, 0.3) is 0 Å². The van der Waals surface area contributed by atoms with Crippen LogP contribution in [0.5, 0.6) is 0 Å². The van der Waals surface area contributed by atoms with Crippen LogP contribution in [0.2, 0.25) is 0 Å². The van der Waals surface area contributed by atoms with Crippen LogP contribution in [-0.2, 0) is 24.4 Å². The second kappa shape index (κ2) is 5.92. The lowest BCUT2D eigenvalue weighted by Gasteiger charge is -2.14. The number of benzene rings is 1. The van der Waals surface area contributed by atoms with Gasteiger partial charge in [-0.2, -0.15) is 8.42 Å². The Morgan fingerprint density at radius 1 is 1.31 bits per heavy atom. The highest BCUT2D eigenvalue weighted by Gasteiger charge is 2.19. The number of rotatable bonds is 6. The van der Waals surface area contributed by atoms with Crippen molar-refractivity contribution >= 4 is 10.4 Å². The smallest absolute Gasteiger partial charge is 0.264 e. The van der Waals surface area contributed by atoms with Crippen molar-refractivity contribution in [2.24, 2.45) is 0 Å². The Kier molecular flexibility index (Phi) is 4.84. The van der Waals surface area contributed by atoms with Crippen LogP contribution in [0, 0.1) is 0 Å². The first kappa shape index (κ1) is 13.1. The van der Waals surface area contributed by atoms with Crippen molar-refractivity contribution in [1.29, 1.82) is 0 Å². The van der Waals surface area contributed by atoms with E-state index < -0.39 is 16.5 Å². The van der Waals surface area contributed by atoms with Gasteiger partial charge in [0.1, 0.15) is 12.7 Å². The molecule has 0 aliphatic heterocycles. The molecular weight excluding hydrogens is 236 g/mol. The summed E-state index contributed by atoms with van der Waals surface area (Å²) >= 11 is 0. The molecule has 0 heterocycles. The fourth-order valence-corrected chi connectivity index (χ4v) is 1.58. The summed E-state index contributed by atoms with van der Waals surface area (Å²) in [6, 6.07) is 8.49. The van der Waals surface area contributed by atoms with Gasteiger partial charge in [-0.3, -0.25) is 4.55 Å². The van der Waals surface area contributed by atoms with Gasteiger partial charge >= 0.3 is 10.4 Å². The van der Waals surface area contributed by atoms with E-state index in [0.717, 1.165) is 0 Å². The molecule has 1 aromatic rings. The molecule has 0 aliphatic carbocycles. The van der Waals surface area contributed by atoms with Gasteiger partial charge < -0.3 is 0 Å². The highest BCUT2D eigenvalue weighted by atomic mass is 32.3. The molecule has 0 spiro atoms. The van der Waals surface area contributed by atoms with Crippen molar-refractivity contribution in [1.82, 2.24) is 0 Å². The van der Waals surface area contributed by atoms with Crippen LogP contribution in [0.1, 0.15) is 11.7 Å². The molecule has 16 heavy (non-hydrogen) atoms. The van der Waals surface area contributed by atoms with Crippen LogP contribution >= 0.6 is 0 Å². The molecule has 0 fully saturated rings. The molecule has 0 radical (unpaired) electrons. The molecule has 0 aliphatic rings. The Balaban J connectivity index is 2.79. The maximum Gasteiger partial charge on any atom is 0.398 e. The first-order valence-corrected chi connectivity index (χ1v) is 5.75. The molecule has 1 rings (SSSR count). The topological polar surface area (TPSA) is 82.1 Å². The molecule has 1 atom stereocenters. The second-order valence-corrected chi connectivity index (χ2v) is 3.92. The van der Waals surface area contributed by atoms with E-state index in [1.807, 2.05) is 0 Å². The summed E-state index contributed by atoms with van der Waals surface area (Å²) in [5.41, 5.74) is 0.553. The average Bonchev–Trinajstić information content (AvgIpc) is 2.24. The molecule has 0 saturated carbocycles. The summed E-state index contributed by atoms with van der Waals surface area (Å²) in [5.74, 6) is 0. The van der Waals surface area contributed by atoms with Crippen LogP contribution in [0.15, 0.2) is 30.3 Å². The van der Waals surface area contributed by atoms with Crippen molar-refractivity contribution in [2.45, 2.75) is 6.10 Å². The molecule has 7 heteroatoms. The van der Waals surface area contributed by atoms with Crippen LogP contribution < -0.4 is 0 Å². The normalized spacial score (nSPS) is 13.6. The maximum absolute atomic E-state index is 10.6. The molecule has 0 amide bonds. The highest BCUT2D eigenvalue weighted by molar-refractivity contribution is 7.80. The van der Waals surface area contributed by atoms with Gasteiger partial charge in [-0.15, -0.1) is 0 Å². The lowest BCUT2D eigenvalue weighted by atomic mass is 10.1. The predicted molar refractivity (Wildman–Crippen MR) is 54.8 cm³/mol. The van der Waals surface area contributed by atoms with E-state index in [4.69, 9.17) is 4.55 Å². The first-order valence-electron chi connectivity index (χ1n) is 4.39. The summed E-state index contributed by atoms with van der Waals surface area (Å²) in [4.78, 5) is 8.95. The van der Waals surface area contributed by atoms with Crippen molar-refractivity contribution in [3.63, 3.8) is 0 Å². The van der Waals surface area contributed by atoms with Gasteiger partial charge in [-0.1, -0.05) is 30.3 Å². The molecule has 90 valence electrons. The summed E-state index contributed by atoms with van der Waals surface area (Å²) in [6.45, 7) is -0.152. The second-order valence-electron chi connectivity index (χ2n) is 2.87. The van der Waals surface area contributed by atoms with Gasteiger partial charge in [0.25, 0.3) is 0 Å². The van der Waals surface area contributed by atoms with E-state index >= 15 is 0 Å². The monoisotopic (exact) mass is 248 g/mol. The SMILES string of the molecule is COOCC(OS(=O)(=O)O)c1ccccc1. The third kappa shape index (κ3) is 4.69. The van der Waals surface area contributed by atoms with E-state index in [2.05, 4.69) is 14.0 Å².